The molecule has 4 N–H and O–H groups in total. The maximum Gasteiger partial charge on any atom is 0.274 e. The Labute approximate surface area is 293 Å². The van der Waals surface area contributed by atoms with Gasteiger partial charge in [-0.15, -0.1) is 5.10 Å². The molecule has 17 heteroatoms. The van der Waals surface area contributed by atoms with Gasteiger partial charge >= 0.3 is 0 Å². The number of ether oxygens (including phenoxy) is 1. The van der Waals surface area contributed by atoms with Gasteiger partial charge in [0.05, 0.1) is 12.2 Å². The largest absolute Gasteiger partial charge is 0.484 e. The zero-order chi connectivity index (χ0) is 36.3. The normalized spacial score (nSPS) is 19.3. The smallest absolute Gasteiger partial charge is 0.274 e. The highest BCUT2D eigenvalue weighted by Gasteiger charge is 2.30. The number of hydrogen-bond acceptors (Lipinski definition) is 11. The minimum absolute atomic E-state index is 0.0114. The summed E-state index contributed by atoms with van der Waals surface area (Å²) in [5.41, 5.74) is 1.40. The quantitative estimate of drug-likeness (QED) is 0.199. The van der Waals surface area contributed by atoms with E-state index in [1.54, 1.807) is 24.3 Å². The summed E-state index contributed by atoms with van der Waals surface area (Å²) in [5.74, 6) is -2.12. The first-order valence-electron chi connectivity index (χ1n) is 16.5. The molecule has 2 aromatic heterocycles. The van der Waals surface area contributed by atoms with E-state index < -0.39 is 47.7 Å². The summed E-state index contributed by atoms with van der Waals surface area (Å²) in [7, 11) is 0. The highest BCUT2D eigenvalue weighted by Crippen LogP contribution is 2.16. The molecule has 5 rings (SSSR count). The SMILES string of the molecule is CC(C)C[C@H]1NC(=O)[C@@H](C)NC(=O)c2cc(on2)CN(C(=O)COc2ccc(-n3cnnn3)cc2)CCNC(=O)[C@@H](Cc2ccccc2)NC1=O. The third-order valence-electron chi connectivity index (χ3n) is 7.98. The molecule has 2 aromatic carbocycles. The maximum absolute atomic E-state index is 13.6. The van der Waals surface area contributed by atoms with E-state index in [4.69, 9.17) is 9.26 Å². The number of fused-ring (bicyclic) bond motifs is 2. The van der Waals surface area contributed by atoms with Gasteiger partial charge in [-0.3, -0.25) is 24.0 Å². The van der Waals surface area contributed by atoms with Crippen LogP contribution in [0.15, 0.2) is 71.5 Å². The molecule has 268 valence electrons. The Bertz CT molecular complexity index is 1800. The minimum atomic E-state index is -1.04. The first kappa shape index (κ1) is 36.2. The van der Waals surface area contributed by atoms with E-state index in [-0.39, 0.29) is 56.5 Å². The van der Waals surface area contributed by atoms with Crippen LogP contribution in [0.3, 0.4) is 0 Å². The van der Waals surface area contributed by atoms with Crippen molar-refractivity contribution >= 4 is 29.5 Å². The molecule has 3 atom stereocenters. The van der Waals surface area contributed by atoms with Crippen LogP contribution in [0, 0.1) is 5.92 Å². The van der Waals surface area contributed by atoms with Gasteiger partial charge in [0.15, 0.2) is 18.1 Å². The van der Waals surface area contributed by atoms with Crippen LogP contribution in [-0.4, -0.2) is 97.6 Å². The number of carbonyl (C=O) groups excluding carboxylic acids is 5. The lowest BCUT2D eigenvalue weighted by Crippen LogP contribution is -2.57. The molecule has 0 radical (unpaired) electrons. The third kappa shape index (κ3) is 10.2. The maximum atomic E-state index is 13.6. The Morgan fingerprint density at radius 1 is 0.961 bits per heavy atom. The number of hydrogen-bond donors (Lipinski definition) is 4. The van der Waals surface area contributed by atoms with Crippen LogP contribution in [0.4, 0.5) is 0 Å². The lowest BCUT2D eigenvalue weighted by atomic mass is 10.0. The fraction of sp³-hybridized carbons (Fsp3) is 0.382. The highest BCUT2D eigenvalue weighted by molar-refractivity contribution is 5.97. The van der Waals surface area contributed by atoms with Gasteiger partial charge in [-0.2, -0.15) is 0 Å². The number of nitrogens with zero attached hydrogens (tertiary/aromatic N) is 6. The predicted octanol–water partition coefficient (Wildman–Crippen LogP) is 0.564. The molecule has 1 aliphatic heterocycles. The van der Waals surface area contributed by atoms with Gasteiger partial charge in [0.2, 0.25) is 17.7 Å². The van der Waals surface area contributed by atoms with Crippen molar-refractivity contribution in [3.05, 3.63) is 84.0 Å². The van der Waals surface area contributed by atoms with E-state index in [2.05, 4.69) is 41.9 Å². The Morgan fingerprint density at radius 3 is 2.41 bits per heavy atom. The van der Waals surface area contributed by atoms with Crippen molar-refractivity contribution in [2.45, 2.75) is 58.3 Å². The van der Waals surface area contributed by atoms with Crippen molar-refractivity contribution in [2.75, 3.05) is 19.7 Å². The predicted molar refractivity (Wildman–Crippen MR) is 180 cm³/mol. The van der Waals surface area contributed by atoms with Crippen LogP contribution >= 0.6 is 0 Å². The number of benzene rings is 2. The first-order valence-corrected chi connectivity index (χ1v) is 16.5. The molecule has 0 saturated heterocycles. The summed E-state index contributed by atoms with van der Waals surface area (Å²) >= 11 is 0. The molecular formula is C34H40N10O7. The monoisotopic (exact) mass is 700 g/mol. The molecule has 1 aliphatic rings. The van der Waals surface area contributed by atoms with Crippen molar-refractivity contribution < 1.29 is 33.2 Å². The summed E-state index contributed by atoms with van der Waals surface area (Å²) in [6.45, 7) is 4.87. The zero-order valence-corrected chi connectivity index (χ0v) is 28.4. The lowest BCUT2D eigenvalue weighted by molar-refractivity contribution is -0.135. The second kappa shape index (κ2) is 17.0. The number of aromatic nitrogens is 5. The van der Waals surface area contributed by atoms with Gasteiger partial charge in [-0.1, -0.05) is 49.3 Å². The molecular weight excluding hydrogens is 660 g/mol. The fourth-order valence-corrected chi connectivity index (χ4v) is 5.29. The van der Waals surface area contributed by atoms with Crippen molar-refractivity contribution in [3.63, 3.8) is 0 Å². The minimum Gasteiger partial charge on any atom is -0.484 e. The van der Waals surface area contributed by atoms with E-state index in [1.807, 2.05) is 44.2 Å². The Kier molecular flexibility index (Phi) is 12.1. The lowest BCUT2D eigenvalue weighted by Gasteiger charge is -2.26. The van der Waals surface area contributed by atoms with Crippen LogP contribution in [-0.2, 0) is 32.1 Å². The zero-order valence-electron chi connectivity index (χ0n) is 28.4. The summed E-state index contributed by atoms with van der Waals surface area (Å²) < 4.78 is 12.6. The molecule has 2 bridgehead atoms. The van der Waals surface area contributed by atoms with Crippen molar-refractivity contribution in [1.29, 1.82) is 0 Å². The van der Waals surface area contributed by atoms with Gasteiger partial charge in [0.25, 0.3) is 11.8 Å². The van der Waals surface area contributed by atoms with E-state index in [1.165, 1.54) is 28.9 Å². The van der Waals surface area contributed by atoms with E-state index >= 15 is 0 Å². The van der Waals surface area contributed by atoms with E-state index in [9.17, 15) is 24.0 Å². The number of carbonyl (C=O) groups is 5. The van der Waals surface area contributed by atoms with E-state index in [0.717, 1.165) is 5.56 Å². The Balaban J connectivity index is 1.35. The number of amides is 5. The second-order valence-electron chi connectivity index (χ2n) is 12.5. The van der Waals surface area contributed by atoms with E-state index in [0.29, 0.717) is 11.4 Å². The van der Waals surface area contributed by atoms with Crippen LogP contribution in [0.1, 0.15) is 49.0 Å². The summed E-state index contributed by atoms with van der Waals surface area (Å²) in [6.07, 6.45) is 1.91. The summed E-state index contributed by atoms with van der Waals surface area (Å²) in [4.78, 5) is 68.2. The topological polar surface area (TPSA) is 216 Å². The Hall–Kier alpha value is -6.13. The van der Waals surface area contributed by atoms with Crippen LogP contribution in [0.25, 0.3) is 5.69 Å². The van der Waals surface area contributed by atoms with Crippen LogP contribution in [0.5, 0.6) is 5.75 Å². The van der Waals surface area contributed by atoms with Crippen LogP contribution < -0.4 is 26.0 Å². The molecule has 5 amide bonds. The molecule has 3 heterocycles. The first-order chi connectivity index (χ1) is 24.5. The van der Waals surface area contributed by atoms with Crippen molar-refractivity contribution in [3.8, 4) is 11.4 Å². The van der Waals surface area contributed by atoms with Crippen molar-refractivity contribution in [2.24, 2.45) is 5.92 Å². The van der Waals surface area contributed by atoms with Gasteiger partial charge in [0, 0.05) is 25.6 Å². The standard InChI is InChI=1S/C34H40N10O7/c1-21(2)15-27-33(48)39-28(16-23-7-5-4-6-8-23)32(47)35-13-14-43(18-26-17-29(40-51-26)34(49)37-22(3)31(46)38-27)30(45)19-50-25-11-9-24(10-12-25)44-20-36-41-42-44/h4-12,17,20-22,27-28H,13-16,18-19H2,1-3H3,(H,35,47)(H,37,49)(H,38,46)(H,39,48)/t22-,27-,28-/m1/s1. The number of tetrazole rings is 1. The van der Waals surface area contributed by atoms with Gasteiger partial charge < -0.3 is 35.4 Å². The molecule has 51 heavy (non-hydrogen) atoms. The summed E-state index contributed by atoms with van der Waals surface area (Å²) in [6, 6.07) is 14.3. The summed E-state index contributed by atoms with van der Waals surface area (Å²) in [5, 5.41) is 25.8. The third-order valence-corrected chi connectivity index (χ3v) is 7.98. The molecule has 0 unspecified atom stereocenters. The highest BCUT2D eigenvalue weighted by atomic mass is 16.5. The molecule has 0 aliphatic carbocycles. The van der Waals surface area contributed by atoms with Crippen molar-refractivity contribution in [1.82, 2.24) is 51.5 Å². The van der Waals surface area contributed by atoms with Gasteiger partial charge in [-0.25, -0.2) is 4.68 Å². The average molecular weight is 701 g/mol. The average Bonchev–Trinajstić information content (AvgIpc) is 3.83. The molecule has 0 saturated carbocycles. The fourth-order valence-electron chi connectivity index (χ4n) is 5.29. The number of nitrogens with one attached hydrogen (secondary N) is 4. The molecule has 4 aromatic rings. The molecule has 17 nitrogen and oxygen atoms in total. The molecule has 0 spiro atoms. The molecule has 0 fully saturated rings. The Morgan fingerprint density at radius 2 is 1.71 bits per heavy atom. The number of rotatable bonds is 8. The van der Waals surface area contributed by atoms with Crippen LogP contribution in [0.2, 0.25) is 0 Å². The van der Waals surface area contributed by atoms with Gasteiger partial charge in [0.1, 0.15) is 30.2 Å². The second-order valence-corrected chi connectivity index (χ2v) is 12.5. The van der Waals surface area contributed by atoms with Gasteiger partial charge in [-0.05, 0) is 59.5 Å².